The van der Waals surface area contributed by atoms with E-state index in [0.717, 1.165) is 41.7 Å². The highest BCUT2D eigenvalue weighted by Gasteiger charge is 2.36. The number of fused-ring (bicyclic) bond motifs is 1. The van der Waals surface area contributed by atoms with Crippen LogP contribution in [0.2, 0.25) is 0 Å². The number of benzene rings is 1. The van der Waals surface area contributed by atoms with E-state index in [1.165, 1.54) is 0 Å². The zero-order chi connectivity index (χ0) is 25.0. The van der Waals surface area contributed by atoms with E-state index < -0.39 is 23.5 Å². The average molecular weight is 469 g/mol. The van der Waals surface area contributed by atoms with Gasteiger partial charge in [0.2, 0.25) is 0 Å². The number of carbonyl (C=O) groups is 2. The number of carbonyl (C=O) groups excluding carboxylic acids is 2. The highest BCUT2D eigenvalue weighted by atomic mass is 16.5. The predicted molar refractivity (Wildman–Crippen MR) is 134 cm³/mol. The van der Waals surface area contributed by atoms with Gasteiger partial charge in [-0.3, -0.25) is 9.59 Å². The summed E-state index contributed by atoms with van der Waals surface area (Å²) >= 11 is 0. The van der Waals surface area contributed by atoms with Crippen molar-refractivity contribution in [2.45, 2.75) is 85.4 Å². The predicted octanol–water partition coefficient (Wildman–Crippen LogP) is 5.60. The summed E-state index contributed by atoms with van der Waals surface area (Å²) in [5.41, 5.74) is 2.14. The van der Waals surface area contributed by atoms with Crippen LogP contribution in [-0.4, -0.2) is 32.5 Å². The monoisotopic (exact) mass is 468 g/mol. The van der Waals surface area contributed by atoms with E-state index in [1.807, 2.05) is 57.5 Å². The summed E-state index contributed by atoms with van der Waals surface area (Å²) < 4.78 is 7.98. The largest absolute Gasteiger partial charge is 0.457 e. The lowest BCUT2D eigenvalue weighted by atomic mass is 9.74. The lowest BCUT2D eigenvalue weighted by Gasteiger charge is -2.31. The summed E-state index contributed by atoms with van der Waals surface area (Å²) in [5.74, 6) is 0.194. The first-order chi connectivity index (χ1) is 16.0. The van der Waals surface area contributed by atoms with E-state index in [2.05, 4.69) is 17.1 Å². The van der Waals surface area contributed by atoms with Gasteiger partial charge in [-0.1, -0.05) is 45.9 Å². The van der Waals surface area contributed by atoms with Crippen molar-refractivity contribution in [3.8, 4) is 0 Å². The van der Waals surface area contributed by atoms with Gasteiger partial charge in [0.15, 0.2) is 0 Å². The van der Waals surface area contributed by atoms with Crippen molar-refractivity contribution >= 4 is 22.8 Å². The van der Waals surface area contributed by atoms with Crippen LogP contribution in [0.15, 0.2) is 30.4 Å². The third-order valence-electron chi connectivity index (χ3n) is 7.45. The van der Waals surface area contributed by atoms with Crippen molar-refractivity contribution < 1.29 is 19.4 Å². The second-order valence-electron chi connectivity index (χ2n) is 10.6. The number of rotatable bonds is 1. The first kappa shape index (κ1) is 26.1. The molecular weight excluding hydrogens is 428 g/mol. The molecule has 186 valence electrons. The minimum absolute atomic E-state index is 0.000775. The first-order valence-corrected chi connectivity index (χ1v) is 12.5. The lowest BCUT2D eigenvalue weighted by Crippen LogP contribution is -2.39. The fourth-order valence-electron chi connectivity index (χ4n) is 4.88. The molecule has 0 unspecified atom stereocenters. The van der Waals surface area contributed by atoms with Crippen molar-refractivity contribution in [3.63, 3.8) is 0 Å². The van der Waals surface area contributed by atoms with Gasteiger partial charge in [-0.05, 0) is 56.2 Å². The zero-order valence-corrected chi connectivity index (χ0v) is 21.5. The van der Waals surface area contributed by atoms with Gasteiger partial charge in [-0.25, -0.2) is 4.98 Å². The molecule has 3 rings (SSSR count). The number of Topliss-reactive ketones (excluding diaryl/α,β-unsaturated/α-hetero) is 1. The van der Waals surface area contributed by atoms with Crippen LogP contribution in [0.4, 0.5) is 0 Å². The third-order valence-corrected chi connectivity index (χ3v) is 7.45. The van der Waals surface area contributed by atoms with Gasteiger partial charge in [0.05, 0.1) is 17.1 Å². The number of imidazole rings is 1. The number of hydrogen-bond donors (Lipinski definition) is 1. The quantitative estimate of drug-likeness (QED) is 0.435. The van der Waals surface area contributed by atoms with E-state index in [-0.39, 0.29) is 24.1 Å². The van der Waals surface area contributed by atoms with Crippen molar-refractivity contribution in [3.05, 3.63) is 41.7 Å². The molecule has 1 aliphatic heterocycles. The third kappa shape index (κ3) is 5.96. The molecular formula is C28H40N2O4. The molecule has 2 heterocycles. The van der Waals surface area contributed by atoms with Gasteiger partial charge in [0, 0.05) is 31.2 Å². The molecule has 1 aliphatic rings. The van der Waals surface area contributed by atoms with Crippen LogP contribution in [0, 0.1) is 24.2 Å². The first-order valence-electron chi connectivity index (χ1n) is 12.5. The number of aryl methyl sites for hydroxylation is 2. The number of aromatic nitrogens is 2. The number of aliphatic hydroxyl groups is 1. The molecule has 0 saturated carbocycles. The normalized spacial score (nSPS) is 28.6. The highest BCUT2D eigenvalue weighted by molar-refractivity contribution is 5.87. The van der Waals surface area contributed by atoms with Gasteiger partial charge >= 0.3 is 5.97 Å². The number of esters is 1. The number of ketones is 1. The van der Waals surface area contributed by atoms with Crippen molar-refractivity contribution in [1.82, 2.24) is 9.55 Å². The van der Waals surface area contributed by atoms with Crippen LogP contribution in [0.1, 0.15) is 83.7 Å². The molecule has 6 heteroatoms. The standard InChI is InChI=1S/C28H40N2O4/c1-18-11-9-7-8-10-12-24(21-13-14-23-22(17-21)29-20(3)30(23)6)34-25(31)15-16-28(4,5)27(33)19(2)26(18)32/h8,10,13-14,17-19,24,26,32H,7,9,11-12,15-16H2,1-6H3/b10-8+/t18-,19+,24-,26-/m0/s1. The molecule has 0 spiro atoms. The summed E-state index contributed by atoms with van der Waals surface area (Å²) in [6.45, 7) is 9.50. The van der Waals surface area contributed by atoms with E-state index >= 15 is 0 Å². The van der Waals surface area contributed by atoms with E-state index in [4.69, 9.17) is 4.74 Å². The van der Waals surface area contributed by atoms with Gasteiger partial charge in [0.1, 0.15) is 17.7 Å². The minimum Gasteiger partial charge on any atom is -0.457 e. The molecule has 1 aromatic carbocycles. The molecule has 2 aromatic rings. The Kier molecular flexibility index (Phi) is 8.34. The molecule has 34 heavy (non-hydrogen) atoms. The number of cyclic esters (lactones) is 1. The topological polar surface area (TPSA) is 81.4 Å². The molecule has 0 amide bonds. The number of aliphatic hydroxyl groups excluding tert-OH is 1. The molecule has 0 aliphatic carbocycles. The Morgan fingerprint density at radius 2 is 1.91 bits per heavy atom. The van der Waals surface area contributed by atoms with Crippen LogP contribution < -0.4 is 0 Å². The Bertz CT molecular complexity index is 1050. The molecule has 0 fully saturated rings. The van der Waals surface area contributed by atoms with Crippen molar-refractivity contribution in [1.29, 1.82) is 0 Å². The van der Waals surface area contributed by atoms with E-state index in [0.29, 0.717) is 12.8 Å². The molecule has 0 radical (unpaired) electrons. The summed E-state index contributed by atoms with van der Waals surface area (Å²) in [6.07, 6.45) is 6.92. The van der Waals surface area contributed by atoms with Crippen LogP contribution >= 0.6 is 0 Å². The maximum atomic E-state index is 13.1. The molecule has 1 aromatic heterocycles. The maximum Gasteiger partial charge on any atom is 0.306 e. The Hall–Kier alpha value is -2.47. The molecule has 0 saturated heterocycles. The molecule has 1 N–H and O–H groups in total. The van der Waals surface area contributed by atoms with Gasteiger partial charge in [-0.2, -0.15) is 0 Å². The average Bonchev–Trinajstić information content (AvgIpc) is 3.09. The smallest absolute Gasteiger partial charge is 0.306 e. The Labute approximate surface area is 203 Å². The Morgan fingerprint density at radius 1 is 1.18 bits per heavy atom. The van der Waals surface area contributed by atoms with Gasteiger partial charge in [-0.15, -0.1) is 0 Å². The summed E-state index contributed by atoms with van der Waals surface area (Å²) in [5, 5.41) is 10.7. The summed E-state index contributed by atoms with van der Waals surface area (Å²) in [4.78, 5) is 30.6. The minimum atomic E-state index is -0.712. The van der Waals surface area contributed by atoms with Crippen LogP contribution in [0.25, 0.3) is 11.0 Å². The summed E-state index contributed by atoms with van der Waals surface area (Å²) in [6, 6.07) is 6.04. The molecule has 0 bridgehead atoms. The van der Waals surface area contributed by atoms with Crippen molar-refractivity contribution in [2.75, 3.05) is 0 Å². The molecule has 6 nitrogen and oxygen atoms in total. The van der Waals surface area contributed by atoms with Crippen LogP contribution in [-0.2, 0) is 21.4 Å². The fourth-order valence-corrected chi connectivity index (χ4v) is 4.88. The van der Waals surface area contributed by atoms with Gasteiger partial charge in [0.25, 0.3) is 0 Å². The molecule has 4 atom stereocenters. The van der Waals surface area contributed by atoms with E-state index in [9.17, 15) is 14.7 Å². The van der Waals surface area contributed by atoms with E-state index in [1.54, 1.807) is 6.92 Å². The zero-order valence-electron chi connectivity index (χ0n) is 21.5. The van der Waals surface area contributed by atoms with Crippen LogP contribution in [0.5, 0.6) is 0 Å². The number of nitrogens with zero attached hydrogens (tertiary/aromatic N) is 2. The summed E-state index contributed by atoms with van der Waals surface area (Å²) in [7, 11) is 1.99. The second-order valence-corrected chi connectivity index (χ2v) is 10.6. The number of ether oxygens (including phenoxy) is 1. The fraction of sp³-hybridized carbons (Fsp3) is 0.607. The number of hydrogen-bond acceptors (Lipinski definition) is 5. The highest BCUT2D eigenvalue weighted by Crippen LogP contribution is 2.33. The SMILES string of the molecule is Cc1nc2cc([C@@H]3C/C=C/CCC[C@H](C)[C@H](O)[C@@H](C)C(=O)C(C)(C)CCC(=O)O3)ccc2n1C. The maximum absolute atomic E-state index is 13.1. The second kappa shape index (κ2) is 10.9. The van der Waals surface area contributed by atoms with Crippen LogP contribution in [0.3, 0.4) is 0 Å². The Morgan fingerprint density at radius 3 is 2.65 bits per heavy atom. The lowest BCUT2D eigenvalue weighted by molar-refractivity contribution is -0.150. The van der Waals surface area contributed by atoms with Crippen molar-refractivity contribution in [2.24, 2.45) is 24.3 Å². The Balaban J connectivity index is 1.84. The van der Waals surface area contributed by atoms with Gasteiger partial charge < -0.3 is 14.4 Å². The number of allylic oxidation sites excluding steroid dienone is 1.